The van der Waals surface area contributed by atoms with E-state index in [1.807, 2.05) is 0 Å². The van der Waals surface area contributed by atoms with Crippen LogP contribution in [0.15, 0.2) is 34.8 Å². The Bertz CT molecular complexity index is 682. The van der Waals surface area contributed by atoms with E-state index in [1.165, 1.54) is 18.2 Å². The molecule has 0 aliphatic rings. The van der Waals surface area contributed by atoms with E-state index in [9.17, 15) is 13.2 Å². The first-order valence-corrected chi connectivity index (χ1v) is 5.82. The highest BCUT2D eigenvalue weighted by atomic mass is 79.9. The summed E-state index contributed by atoms with van der Waals surface area (Å²) in [6, 6.07) is 7.28. The molecule has 0 aliphatic heterocycles. The van der Waals surface area contributed by atoms with Crippen molar-refractivity contribution >= 4 is 15.9 Å². The van der Waals surface area contributed by atoms with Crippen molar-refractivity contribution in [2.24, 2.45) is 0 Å². The van der Waals surface area contributed by atoms with Crippen molar-refractivity contribution in [3.8, 4) is 17.6 Å². The molecule has 0 atom stereocenters. The lowest BCUT2D eigenvalue weighted by Gasteiger charge is -2.08. The Morgan fingerprint density at radius 3 is 2.37 bits per heavy atom. The minimum atomic E-state index is -1.22. The fraction of sp³-hybridized carbons (Fsp3) is 0. The number of nitriles is 1. The maximum absolute atomic E-state index is 13.6. The lowest BCUT2D eigenvalue weighted by molar-refractivity contribution is 0.396. The van der Waals surface area contributed by atoms with Crippen molar-refractivity contribution in [2.45, 2.75) is 0 Å². The predicted molar refractivity (Wildman–Crippen MR) is 65.2 cm³/mol. The number of hydrogen-bond acceptors (Lipinski definition) is 2. The van der Waals surface area contributed by atoms with E-state index in [1.54, 1.807) is 6.07 Å². The third-order valence-electron chi connectivity index (χ3n) is 2.24. The van der Waals surface area contributed by atoms with Gasteiger partial charge in [0.15, 0.2) is 23.1 Å². The van der Waals surface area contributed by atoms with Gasteiger partial charge in [-0.05, 0) is 30.3 Å². The third kappa shape index (κ3) is 2.88. The second-order valence-corrected chi connectivity index (χ2v) is 4.47. The molecule has 0 bridgehead atoms. The molecule has 0 unspecified atom stereocenters. The lowest BCUT2D eigenvalue weighted by Crippen LogP contribution is -1.94. The first-order chi connectivity index (χ1) is 9.01. The highest BCUT2D eigenvalue weighted by Gasteiger charge is 2.14. The predicted octanol–water partition coefficient (Wildman–Crippen LogP) is 4.53. The standard InChI is InChI=1S/C13H5BrF3NO/c14-8-4-10(16)13(17)12(5-8)19-11-2-1-7(6-18)3-9(11)15/h1-5H. The number of ether oxygens (including phenoxy) is 1. The van der Waals surface area contributed by atoms with Crippen LogP contribution in [0.3, 0.4) is 0 Å². The maximum Gasteiger partial charge on any atom is 0.201 e. The number of nitrogens with zero attached hydrogens (tertiary/aromatic N) is 1. The summed E-state index contributed by atoms with van der Waals surface area (Å²) >= 11 is 2.98. The van der Waals surface area contributed by atoms with Gasteiger partial charge in [0.2, 0.25) is 5.82 Å². The molecule has 0 heterocycles. The SMILES string of the molecule is N#Cc1ccc(Oc2cc(Br)cc(F)c2F)c(F)c1. The largest absolute Gasteiger partial charge is 0.451 e. The molecule has 0 N–H and O–H groups in total. The highest BCUT2D eigenvalue weighted by molar-refractivity contribution is 9.10. The van der Waals surface area contributed by atoms with Crippen LogP contribution in [0.2, 0.25) is 0 Å². The quantitative estimate of drug-likeness (QED) is 0.759. The van der Waals surface area contributed by atoms with Gasteiger partial charge in [-0.2, -0.15) is 9.65 Å². The molecular formula is C13H5BrF3NO. The maximum atomic E-state index is 13.6. The molecule has 19 heavy (non-hydrogen) atoms. The van der Waals surface area contributed by atoms with Crippen LogP contribution >= 0.6 is 15.9 Å². The topological polar surface area (TPSA) is 33.0 Å². The van der Waals surface area contributed by atoms with E-state index >= 15 is 0 Å². The summed E-state index contributed by atoms with van der Waals surface area (Å²) in [4.78, 5) is 0. The summed E-state index contributed by atoms with van der Waals surface area (Å²) in [6.45, 7) is 0. The molecule has 0 radical (unpaired) electrons. The second kappa shape index (κ2) is 5.33. The van der Waals surface area contributed by atoms with Gasteiger partial charge in [-0.25, -0.2) is 8.78 Å². The molecule has 0 aromatic heterocycles. The van der Waals surface area contributed by atoms with Crippen molar-refractivity contribution in [3.63, 3.8) is 0 Å². The monoisotopic (exact) mass is 327 g/mol. The van der Waals surface area contributed by atoms with Crippen LogP contribution in [0.25, 0.3) is 0 Å². The molecule has 0 aliphatic carbocycles. The summed E-state index contributed by atoms with van der Waals surface area (Å²) in [5.74, 6) is -3.91. The van der Waals surface area contributed by atoms with Gasteiger partial charge in [-0.3, -0.25) is 0 Å². The Kier molecular flexibility index (Phi) is 3.76. The van der Waals surface area contributed by atoms with Gasteiger partial charge in [0.25, 0.3) is 0 Å². The van der Waals surface area contributed by atoms with E-state index < -0.39 is 23.2 Å². The average Bonchev–Trinajstić information content (AvgIpc) is 2.37. The van der Waals surface area contributed by atoms with Crippen LogP contribution in [-0.2, 0) is 0 Å². The molecule has 96 valence electrons. The van der Waals surface area contributed by atoms with E-state index in [2.05, 4.69) is 15.9 Å². The Morgan fingerprint density at radius 1 is 1.00 bits per heavy atom. The molecule has 2 aromatic carbocycles. The molecule has 0 fully saturated rings. The van der Waals surface area contributed by atoms with Crippen molar-refractivity contribution in [1.29, 1.82) is 5.26 Å². The van der Waals surface area contributed by atoms with Crippen LogP contribution < -0.4 is 4.74 Å². The van der Waals surface area contributed by atoms with Crippen LogP contribution in [0.4, 0.5) is 13.2 Å². The minimum absolute atomic E-state index is 0.103. The summed E-state index contributed by atoms with van der Waals surface area (Å²) in [5, 5.41) is 8.59. The van der Waals surface area contributed by atoms with E-state index in [4.69, 9.17) is 10.00 Å². The molecule has 2 rings (SSSR count). The smallest absolute Gasteiger partial charge is 0.201 e. The van der Waals surface area contributed by atoms with Gasteiger partial charge < -0.3 is 4.74 Å². The summed E-state index contributed by atoms with van der Waals surface area (Å²) < 4.78 is 45.4. The first-order valence-electron chi connectivity index (χ1n) is 5.03. The highest BCUT2D eigenvalue weighted by Crippen LogP contribution is 2.31. The number of rotatable bonds is 2. The van der Waals surface area contributed by atoms with Crippen LogP contribution in [0, 0.1) is 28.8 Å². The third-order valence-corrected chi connectivity index (χ3v) is 2.70. The Morgan fingerprint density at radius 2 is 1.74 bits per heavy atom. The molecular weight excluding hydrogens is 323 g/mol. The van der Waals surface area contributed by atoms with E-state index in [0.717, 1.165) is 12.1 Å². The zero-order chi connectivity index (χ0) is 14.0. The van der Waals surface area contributed by atoms with Crippen LogP contribution in [0.1, 0.15) is 5.56 Å². The van der Waals surface area contributed by atoms with E-state index in [-0.39, 0.29) is 15.8 Å². The van der Waals surface area contributed by atoms with E-state index in [0.29, 0.717) is 0 Å². The Hall–Kier alpha value is -2.00. The van der Waals surface area contributed by atoms with Crippen molar-refractivity contribution in [1.82, 2.24) is 0 Å². The average molecular weight is 328 g/mol. The molecule has 2 nitrogen and oxygen atoms in total. The van der Waals surface area contributed by atoms with Gasteiger partial charge in [0.1, 0.15) is 0 Å². The molecule has 0 saturated heterocycles. The summed E-state index contributed by atoms with van der Waals surface area (Å²) in [7, 11) is 0. The molecule has 0 spiro atoms. The number of hydrogen-bond donors (Lipinski definition) is 0. The lowest BCUT2D eigenvalue weighted by atomic mass is 10.2. The fourth-order valence-electron chi connectivity index (χ4n) is 1.38. The van der Waals surface area contributed by atoms with Crippen LogP contribution in [-0.4, -0.2) is 0 Å². The van der Waals surface area contributed by atoms with Crippen molar-refractivity contribution < 1.29 is 17.9 Å². The van der Waals surface area contributed by atoms with Gasteiger partial charge in [-0.15, -0.1) is 0 Å². The van der Waals surface area contributed by atoms with Crippen molar-refractivity contribution in [2.75, 3.05) is 0 Å². The Labute approximate surface area is 115 Å². The molecule has 2 aromatic rings. The van der Waals surface area contributed by atoms with Gasteiger partial charge in [0.05, 0.1) is 11.6 Å². The first kappa shape index (κ1) is 13.4. The number of benzene rings is 2. The minimum Gasteiger partial charge on any atom is -0.451 e. The Balaban J connectivity index is 2.39. The normalized spacial score (nSPS) is 10.1. The molecule has 6 heteroatoms. The molecule has 0 saturated carbocycles. The number of halogens is 4. The zero-order valence-electron chi connectivity index (χ0n) is 9.25. The van der Waals surface area contributed by atoms with Crippen LogP contribution in [0.5, 0.6) is 11.5 Å². The van der Waals surface area contributed by atoms with Gasteiger partial charge in [-0.1, -0.05) is 15.9 Å². The van der Waals surface area contributed by atoms with Crippen molar-refractivity contribution in [3.05, 3.63) is 57.8 Å². The zero-order valence-corrected chi connectivity index (χ0v) is 10.8. The summed E-state index contributed by atoms with van der Waals surface area (Å²) in [6.07, 6.45) is 0. The second-order valence-electron chi connectivity index (χ2n) is 3.56. The van der Waals surface area contributed by atoms with Gasteiger partial charge >= 0.3 is 0 Å². The summed E-state index contributed by atoms with van der Waals surface area (Å²) in [5.41, 5.74) is 0.103. The van der Waals surface area contributed by atoms with Gasteiger partial charge in [0, 0.05) is 4.47 Å². The molecule has 0 amide bonds. The fourth-order valence-corrected chi connectivity index (χ4v) is 1.79.